The fraction of sp³-hybridized carbons (Fsp3) is 0.125. The van der Waals surface area contributed by atoms with Gasteiger partial charge in [0.15, 0.2) is 0 Å². The van der Waals surface area contributed by atoms with Crippen LogP contribution in [0, 0.1) is 18.3 Å². The summed E-state index contributed by atoms with van der Waals surface area (Å²) in [5.74, 6) is 1.01. The number of aromatic nitrogens is 2. The molecule has 0 aliphatic carbocycles. The summed E-state index contributed by atoms with van der Waals surface area (Å²) >= 11 is 12.4. The Hall–Kier alpha value is -2.02. The van der Waals surface area contributed by atoms with Crippen molar-refractivity contribution in [2.75, 3.05) is 0 Å². The maximum atomic E-state index is 8.94. The molecule has 0 N–H and O–H groups in total. The van der Waals surface area contributed by atoms with E-state index in [9.17, 15) is 0 Å². The van der Waals surface area contributed by atoms with Gasteiger partial charge in [0.05, 0.1) is 39.3 Å². The predicted molar refractivity (Wildman–Crippen MR) is 85.1 cm³/mol. The molecule has 0 aliphatic rings. The lowest BCUT2D eigenvalue weighted by Crippen LogP contribution is -2.00. The van der Waals surface area contributed by atoms with Gasteiger partial charge in [-0.2, -0.15) is 5.26 Å². The van der Waals surface area contributed by atoms with Crippen LogP contribution >= 0.6 is 23.2 Å². The summed E-state index contributed by atoms with van der Waals surface area (Å²) in [5, 5.41) is 9.44. The molecule has 0 radical (unpaired) electrons. The van der Waals surface area contributed by atoms with Crippen molar-refractivity contribution >= 4 is 34.2 Å². The van der Waals surface area contributed by atoms with Crippen LogP contribution in [0.1, 0.15) is 17.0 Å². The molecule has 0 atom stereocenters. The lowest BCUT2D eigenvalue weighted by atomic mass is 10.2. The molecule has 0 amide bonds. The maximum absolute atomic E-state index is 8.94. The molecule has 0 unspecified atom stereocenters. The monoisotopic (exact) mass is 315 g/mol. The Morgan fingerprint density at radius 2 is 2.10 bits per heavy atom. The van der Waals surface area contributed by atoms with Gasteiger partial charge in [0.2, 0.25) is 0 Å². The molecule has 0 saturated heterocycles. The van der Waals surface area contributed by atoms with E-state index in [0.29, 0.717) is 10.6 Å². The van der Waals surface area contributed by atoms with E-state index in [1.54, 1.807) is 12.1 Å². The van der Waals surface area contributed by atoms with Crippen LogP contribution in [-0.2, 0) is 5.88 Å². The SMILES string of the molecule is Cc1cccc2c1nc(CCl)n2-c1ccc(C#N)cc1Cl. The highest BCUT2D eigenvalue weighted by atomic mass is 35.5. The fourth-order valence-electron chi connectivity index (χ4n) is 2.40. The molecule has 2 aromatic carbocycles. The first-order chi connectivity index (χ1) is 10.2. The van der Waals surface area contributed by atoms with Gasteiger partial charge in [0, 0.05) is 0 Å². The van der Waals surface area contributed by atoms with E-state index in [4.69, 9.17) is 28.5 Å². The second kappa shape index (κ2) is 5.40. The normalized spacial score (nSPS) is 10.8. The average Bonchev–Trinajstić information content (AvgIpc) is 2.87. The van der Waals surface area contributed by atoms with E-state index in [1.165, 1.54) is 0 Å². The molecule has 0 bridgehead atoms. The number of para-hydroxylation sites is 1. The first-order valence-electron chi connectivity index (χ1n) is 6.38. The van der Waals surface area contributed by atoms with E-state index in [1.807, 2.05) is 35.8 Å². The summed E-state index contributed by atoms with van der Waals surface area (Å²) in [5.41, 5.74) is 4.25. The van der Waals surface area contributed by atoms with Crippen LogP contribution in [0.5, 0.6) is 0 Å². The number of nitriles is 1. The van der Waals surface area contributed by atoms with Crippen molar-refractivity contribution in [3.63, 3.8) is 0 Å². The van der Waals surface area contributed by atoms with E-state index >= 15 is 0 Å². The number of nitrogens with zero attached hydrogens (tertiary/aromatic N) is 3. The van der Waals surface area contributed by atoms with Crippen molar-refractivity contribution in [3.05, 3.63) is 58.4 Å². The third-order valence-electron chi connectivity index (χ3n) is 3.39. The molecule has 3 nitrogen and oxygen atoms in total. The summed E-state index contributed by atoms with van der Waals surface area (Å²) in [7, 11) is 0. The third kappa shape index (κ3) is 2.27. The Kier molecular flexibility index (Phi) is 3.59. The zero-order chi connectivity index (χ0) is 15.0. The van der Waals surface area contributed by atoms with Crippen molar-refractivity contribution < 1.29 is 0 Å². The minimum absolute atomic E-state index is 0.282. The molecule has 3 rings (SSSR count). The third-order valence-corrected chi connectivity index (χ3v) is 3.94. The van der Waals surface area contributed by atoms with Gasteiger partial charge in [-0.15, -0.1) is 11.6 Å². The quantitative estimate of drug-likeness (QED) is 0.648. The van der Waals surface area contributed by atoms with Gasteiger partial charge in [-0.05, 0) is 36.8 Å². The maximum Gasteiger partial charge on any atom is 0.129 e. The summed E-state index contributed by atoms with van der Waals surface area (Å²) in [6, 6.07) is 13.3. The Balaban J connectivity index is 2.34. The molecular formula is C16H11Cl2N3. The Labute approximate surface area is 132 Å². The molecule has 104 valence electrons. The Bertz CT molecular complexity index is 875. The standard InChI is InChI=1S/C16H11Cl2N3/c1-10-3-2-4-14-16(10)20-15(8-17)21(14)13-6-5-11(9-19)7-12(13)18/h2-7H,8H2,1H3. The molecule has 21 heavy (non-hydrogen) atoms. The second-order valence-electron chi connectivity index (χ2n) is 4.72. The lowest BCUT2D eigenvalue weighted by Gasteiger charge is -2.10. The zero-order valence-electron chi connectivity index (χ0n) is 11.3. The summed E-state index contributed by atoms with van der Waals surface area (Å²) < 4.78 is 1.94. The van der Waals surface area contributed by atoms with Crippen LogP contribution in [0.15, 0.2) is 36.4 Å². The minimum Gasteiger partial charge on any atom is -0.294 e. The van der Waals surface area contributed by atoms with Gasteiger partial charge in [0.25, 0.3) is 0 Å². The van der Waals surface area contributed by atoms with E-state index < -0.39 is 0 Å². The smallest absolute Gasteiger partial charge is 0.129 e. The largest absolute Gasteiger partial charge is 0.294 e. The molecule has 5 heteroatoms. The van der Waals surface area contributed by atoms with Crippen molar-refractivity contribution in [1.82, 2.24) is 9.55 Å². The summed E-state index contributed by atoms with van der Waals surface area (Å²) in [6.45, 7) is 2.01. The number of alkyl halides is 1. The average molecular weight is 316 g/mol. The first-order valence-corrected chi connectivity index (χ1v) is 7.30. The number of fused-ring (bicyclic) bond motifs is 1. The van der Waals surface area contributed by atoms with Crippen molar-refractivity contribution in [2.45, 2.75) is 12.8 Å². The van der Waals surface area contributed by atoms with E-state index in [-0.39, 0.29) is 5.88 Å². The predicted octanol–water partition coefficient (Wildman–Crippen LogP) is 4.60. The Morgan fingerprint density at radius 1 is 1.29 bits per heavy atom. The van der Waals surface area contributed by atoms with Crippen LogP contribution in [0.3, 0.4) is 0 Å². The molecule has 0 spiro atoms. The number of benzene rings is 2. The fourth-order valence-corrected chi connectivity index (χ4v) is 2.85. The Morgan fingerprint density at radius 3 is 2.76 bits per heavy atom. The second-order valence-corrected chi connectivity index (χ2v) is 5.39. The van der Waals surface area contributed by atoms with E-state index in [2.05, 4.69) is 11.1 Å². The van der Waals surface area contributed by atoms with Crippen LogP contribution in [0.4, 0.5) is 0 Å². The molecular weight excluding hydrogens is 305 g/mol. The van der Waals surface area contributed by atoms with Gasteiger partial charge in [-0.1, -0.05) is 23.7 Å². The molecule has 0 aliphatic heterocycles. The summed E-state index contributed by atoms with van der Waals surface area (Å²) in [4.78, 5) is 4.60. The van der Waals surface area contributed by atoms with Crippen LogP contribution < -0.4 is 0 Å². The number of hydrogen-bond acceptors (Lipinski definition) is 2. The molecule has 3 aromatic rings. The number of halogens is 2. The van der Waals surface area contributed by atoms with Crippen molar-refractivity contribution in [1.29, 1.82) is 5.26 Å². The van der Waals surface area contributed by atoms with Gasteiger partial charge in [-0.3, -0.25) is 4.57 Å². The highest BCUT2D eigenvalue weighted by Gasteiger charge is 2.15. The van der Waals surface area contributed by atoms with Crippen LogP contribution in [-0.4, -0.2) is 9.55 Å². The topological polar surface area (TPSA) is 41.6 Å². The molecule has 1 heterocycles. The first kappa shape index (κ1) is 13.9. The number of hydrogen-bond donors (Lipinski definition) is 0. The van der Waals surface area contributed by atoms with Gasteiger partial charge in [0.1, 0.15) is 5.82 Å². The van der Waals surface area contributed by atoms with Gasteiger partial charge >= 0.3 is 0 Å². The number of aryl methyl sites for hydroxylation is 1. The van der Waals surface area contributed by atoms with Crippen molar-refractivity contribution in [3.8, 4) is 11.8 Å². The van der Waals surface area contributed by atoms with Crippen LogP contribution in [0.2, 0.25) is 5.02 Å². The highest BCUT2D eigenvalue weighted by molar-refractivity contribution is 6.32. The lowest BCUT2D eigenvalue weighted by molar-refractivity contribution is 0.981. The highest BCUT2D eigenvalue weighted by Crippen LogP contribution is 2.29. The number of rotatable bonds is 2. The van der Waals surface area contributed by atoms with Gasteiger partial charge in [-0.25, -0.2) is 4.98 Å². The molecule has 1 aromatic heterocycles. The number of imidazole rings is 1. The van der Waals surface area contributed by atoms with E-state index in [0.717, 1.165) is 28.1 Å². The minimum atomic E-state index is 0.282. The molecule has 0 saturated carbocycles. The van der Waals surface area contributed by atoms with Crippen LogP contribution in [0.25, 0.3) is 16.7 Å². The van der Waals surface area contributed by atoms with Crippen molar-refractivity contribution in [2.24, 2.45) is 0 Å². The summed E-state index contributed by atoms with van der Waals surface area (Å²) in [6.07, 6.45) is 0. The molecule has 0 fully saturated rings. The van der Waals surface area contributed by atoms with Gasteiger partial charge < -0.3 is 0 Å². The zero-order valence-corrected chi connectivity index (χ0v) is 12.8.